The maximum absolute atomic E-state index is 6.05. The van der Waals surface area contributed by atoms with Crippen LogP contribution in [0, 0.1) is 0 Å². The summed E-state index contributed by atoms with van der Waals surface area (Å²) in [4.78, 5) is 0. The van der Waals surface area contributed by atoms with Crippen molar-refractivity contribution in [2.24, 2.45) is 0 Å². The summed E-state index contributed by atoms with van der Waals surface area (Å²) in [6, 6.07) is 5.79. The second-order valence-corrected chi connectivity index (χ2v) is 4.55. The highest BCUT2D eigenvalue weighted by Gasteiger charge is 1.99. The van der Waals surface area contributed by atoms with Crippen molar-refractivity contribution in [1.82, 2.24) is 0 Å². The monoisotopic (exact) mass is 292 g/mol. The van der Waals surface area contributed by atoms with Crippen molar-refractivity contribution in [2.75, 3.05) is 5.88 Å². The normalized spacial score (nSPS) is 11.9. The Balaban J connectivity index is 3.06. The van der Waals surface area contributed by atoms with Crippen LogP contribution in [0.2, 0.25) is 5.02 Å². The van der Waals surface area contributed by atoms with Gasteiger partial charge in [0.2, 0.25) is 0 Å². The van der Waals surface area contributed by atoms with Gasteiger partial charge in [-0.05, 0) is 30.2 Å². The molecule has 0 aliphatic carbocycles. The molecule has 0 N–H and O–H groups in total. The number of allylic oxidation sites excluding steroid dienone is 1. The lowest BCUT2D eigenvalue weighted by Gasteiger charge is -2.02. The van der Waals surface area contributed by atoms with Gasteiger partial charge in [0.25, 0.3) is 0 Å². The second-order valence-electron chi connectivity index (χ2n) is 2.96. The molecule has 1 aromatic rings. The van der Waals surface area contributed by atoms with Crippen LogP contribution in [-0.2, 0) is 0 Å². The Bertz CT molecular complexity index is 339. The molecule has 0 fully saturated rings. The fourth-order valence-corrected chi connectivity index (χ4v) is 1.90. The average Bonchev–Trinajstić information content (AvgIpc) is 2.19. The van der Waals surface area contributed by atoms with E-state index in [0.717, 1.165) is 21.5 Å². The minimum atomic E-state index is 0.555. The van der Waals surface area contributed by atoms with Gasteiger partial charge < -0.3 is 0 Å². The molecule has 0 heterocycles. The summed E-state index contributed by atoms with van der Waals surface area (Å²) in [5, 5.41) is 0.754. The van der Waals surface area contributed by atoms with E-state index in [1.807, 2.05) is 24.3 Å². The maximum Gasteiger partial charge on any atom is 0.0479 e. The van der Waals surface area contributed by atoms with Gasteiger partial charge in [0, 0.05) is 15.4 Å². The summed E-state index contributed by atoms with van der Waals surface area (Å²) in [5.74, 6) is 0.555. The summed E-state index contributed by atoms with van der Waals surface area (Å²) < 4.78 is 1.03. The minimum Gasteiger partial charge on any atom is -0.122 e. The van der Waals surface area contributed by atoms with Crippen molar-refractivity contribution in [3.05, 3.63) is 38.8 Å². The zero-order valence-corrected chi connectivity index (χ0v) is 11.0. The van der Waals surface area contributed by atoms with E-state index in [1.54, 1.807) is 0 Å². The van der Waals surface area contributed by atoms with Crippen molar-refractivity contribution in [1.29, 1.82) is 0 Å². The lowest BCUT2D eigenvalue weighted by atomic mass is 10.1. The Hall–Kier alpha value is 0.0200. The quantitative estimate of drug-likeness (QED) is 0.677. The zero-order chi connectivity index (χ0) is 10.6. The number of alkyl halides is 1. The highest BCUT2D eigenvalue weighted by atomic mass is 79.9. The second kappa shape index (κ2) is 5.79. The summed E-state index contributed by atoms with van der Waals surface area (Å²) >= 11 is 15.2. The highest BCUT2D eigenvalue weighted by Crippen LogP contribution is 2.24. The first-order valence-corrected chi connectivity index (χ1v) is 6.08. The molecular formula is C11H11BrCl2. The van der Waals surface area contributed by atoms with Crippen molar-refractivity contribution in [2.45, 2.75) is 13.3 Å². The molecule has 0 saturated carbocycles. The van der Waals surface area contributed by atoms with Crippen LogP contribution in [0.1, 0.15) is 18.9 Å². The predicted molar refractivity (Wildman–Crippen MR) is 68.1 cm³/mol. The summed E-state index contributed by atoms with van der Waals surface area (Å²) in [6.07, 6.45) is 2.99. The number of benzene rings is 1. The van der Waals surface area contributed by atoms with Gasteiger partial charge in [-0.25, -0.2) is 0 Å². The van der Waals surface area contributed by atoms with Crippen LogP contribution in [0.5, 0.6) is 0 Å². The fourth-order valence-electron chi connectivity index (χ4n) is 1.08. The van der Waals surface area contributed by atoms with E-state index in [4.69, 9.17) is 23.2 Å². The predicted octanol–water partition coefficient (Wildman–Crippen LogP) is 5.13. The van der Waals surface area contributed by atoms with Crippen molar-refractivity contribution >= 4 is 45.2 Å². The molecule has 0 spiro atoms. The van der Waals surface area contributed by atoms with Gasteiger partial charge in [-0.2, -0.15) is 0 Å². The van der Waals surface area contributed by atoms with E-state index in [0.29, 0.717) is 5.88 Å². The Labute approximate surface area is 103 Å². The average molecular weight is 294 g/mol. The molecule has 0 amide bonds. The minimum absolute atomic E-state index is 0.555. The molecule has 76 valence electrons. The van der Waals surface area contributed by atoms with Crippen molar-refractivity contribution < 1.29 is 0 Å². The van der Waals surface area contributed by atoms with Gasteiger partial charge in [-0.3, -0.25) is 0 Å². The van der Waals surface area contributed by atoms with E-state index in [2.05, 4.69) is 22.9 Å². The third-order valence-electron chi connectivity index (χ3n) is 1.94. The summed E-state index contributed by atoms with van der Waals surface area (Å²) in [7, 11) is 0. The summed E-state index contributed by atoms with van der Waals surface area (Å²) in [5.41, 5.74) is 2.20. The smallest absolute Gasteiger partial charge is 0.0479 e. The topological polar surface area (TPSA) is 0 Å². The molecule has 0 saturated heterocycles. The van der Waals surface area contributed by atoms with Gasteiger partial charge in [0.1, 0.15) is 0 Å². The molecule has 0 nitrogen and oxygen atoms in total. The van der Waals surface area contributed by atoms with Crippen LogP contribution in [0.15, 0.2) is 28.2 Å². The molecule has 0 aromatic heterocycles. The molecule has 1 aromatic carbocycles. The first-order chi connectivity index (χ1) is 6.67. The van der Waals surface area contributed by atoms with Crippen LogP contribution < -0.4 is 0 Å². The van der Waals surface area contributed by atoms with E-state index in [-0.39, 0.29) is 0 Å². The van der Waals surface area contributed by atoms with Crippen LogP contribution in [-0.4, -0.2) is 5.88 Å². The fraction of sp³-hybridized carbons (Fsp3) is 0.273. The molecule has 0 atom stereocenters. The third-order valence-corrected chi connectivity index (χ3v) is 3.12. The number of rotatable bonds is 3. The number of hydrogen-bond donors (Lipinski definition) is 0. The van der Waals surface area contributed by atoms with Crippen LogP contribution >= 0.6 is 39.1 Å². The Kier molecular flexibility index (Phi) is 5.00. The first-order valence-electron chi connectivity index (χ1n) is 4.37. The maximum atomic E-state index is 6.05. The Morgan fingerprint density at radius 1 is 1.50 bits per heavy atom. The molecule has 0 aliphatic heterocycles. The van der Waals surface area contributed by atoms with Gasteiger partial charge in [-0.1, -0.05) is 46.1 Å². The Morgan fingerprint density at radius 3 is 2.79 bits per heavy atom. The van der Waals surface area contributed by atoms with E-state index in [1.165, 1.54) is 5.57 Å². The zero-order valence-electron chi connectivity index (χ0n) is 7.86. The third kappa shape index (κ3) is 3.30. The standard InChI is InChI=1S/C11H11BrCl2/c1-2-8(7-13)5-9-6-10(12)3-4-11(9)14/h3-6H,2,7H2,1H3/b8-5-. The van der Waals surface area contributed by atoms with E-state index < -0.39 is 0 Å². The number of hydrogen-bond acceptors (Lipinski definition) is 0. The SMILES string of the molecule is CC/C(=C/c1cc(Br)ccc1Cl)CCl. The van der Waals surface area contributed by atoms with Crippen molar-refractivity contribution in [3.8, 4) is 0 Å². The van der Waals surface area contributed by atoms with Crippen LogP contribution in [0.4, 0.5) is 0 Å². The lowest BCUT2D eigenvalue weighted by molar-refractivity contribution is 1.12. The molecular weight excluding hydrogens is 283 g/mol. The van der Waals surface area contributed by atoms with Gasteiger partial charge in [0.05, 0.1) is 0 Å². The largest absolute Gasteiger partial charge is 0.122 e. The molecule has 0 radical (unpaired) electrons. The van der Waals surface area contributed by atoms with E-state index >= 15 is 0 Å². The summed E-state index contributed by atoms with van der Waals surface area (Å²) in [6.45, 7) is 2.08. The van der Waals surface area contributed by atoms with Crippen LogP contribution in [0.25, 0.3) is 6.08 Å². The first kappa shape index (κ1) is 12.1. The van der Waals surface area contributed by atoms with E-state index in [9.17, 15) is 0 Å². The highest BCUT2D eigenvalue weighted by molar-refractivity contribution is 9.10. The Morgan fingerprint density at radius 2 is 2.21 bits per heavy atom. The lowest BCUT2D eigenvalue weighted by Crippen LogP contribution is -1.83. The molecule has 1 rings (SSSR count). The van der Waals surface area contributed by atoms with Crippen LogP contribution in [0.3, 0.4) is 0 Å². The molecule has 0 aliphatic rings. The van der Waals surface area contributed by atoms with Gasteiger partial charge >= 0.3 is 0 Å². The van der Waals surface area contributed by atoms with Gasteiger partial charge in [0.15, 0.2) is 0 Å². The molecule has 3 heteroatoms. The molecule has 0 unspecified atom stereocenters. The molecule has 0 bridgehead atoms. The van der Waals surface area contributed by atoms with Gasteiger partial charge in [-0.15, -0.1) is 11.6 Å². The van der Waals surface area contributed by atoms with Crippen molar-refractivity contribution in [3.63, 3.8) is 0 Å². The molecule has 14 heavy (non-hydrogen) atoms. The number of halogens is 3.